The number of hydrogen-bond donors (Lipinski definition) is 2. The van der Waals surface area contributed by atoms with Gasteiger partial charge in [0, 0.05) is 22.7 Å². The van der Waals surface area contributed by atoms with Crippen LogP contribution in [0.25, 0.3) is 10.9 Å². The molecule has 1 aliphatic rings. The molecule has 0 bridgehead atoms. The minimum atomic E-state index is -4.54. The van der Waals surface area contributed by atoms with Crippen molar-refractivity contribution < 1.29 is 18.0 Å². The van der Waals surface area contributed by atoms with Crippen molar-refractivity contribution in [1.29, 1.82) is 0 Å². The lowest BCUT2D eigenvalue weighted by molar-refractivity contribution is -0.140. The van der Waals surface area contributed by atoms with E-state index < -0.39 is 11.9 Å². The molecule has 1 heterocycles. The average Bonchev–Trinajstić information content (AvgIpc) is 2.74. The van der Waals surface area contributed by atoms with Gasteiger partial charge in [0.25, 0.3) is 5.91 Å². The number of carbonyl (C=O) groups is 1. The molecule has 3 aromatic rings. The number of alkyl halides is 3. The third kappa shape index (κ3) is 4.29. The van der Waals surface area contributed by atoms with Crippen LogP contribution in [-0.4, -0.2) is 16.9 Å². The summed E-state index contributed by atoms with van der Waals surface area (Å²) in [5, 5.41) is 3.75. The predicted molar refractivity (Wildman–Crippen MR) is 120 cm³/mol. The number of halogens is 3. The lowest BCUT2D eigenvalue weighted by atomic mass is 9.78. The summed E-state index contributed by atoms with van der Waals surface area (Å²) in [4.78, 5) is 16.5. The number of benzene rings is 2. The zero-order chi connectivity index (χ0) is 23.0. The highest BCUT2D eigenvalue weighted by Gasteiger charge is 2.34. The second kappa shape index (κ2) is 8.45. The van der Waals surface area contributed by atoms with Crippen LogP contribution in [-0.2, 0) is 6.18 Å². The van der Waals surface area contributed by atoms with E-state index in [1.165, 1.54) is 0 Å². The standard InChI is InChI=1S/C25H26F3N3O/c1-14-5-3-4-6-18(14)24(32)30-17-10-8-16(9-11-17)22-15(2)7-12-20-23(22)19(29)13-21(31-20)25(26,27)28/h3-7,12-13,16-17H,8-11H2,1-2H3,(H2,29,31)(H,30,32). The number of nitrogens with zero attached hydrogens (tertiary/aromatic N) is 1. The maximum absolute atomic E-state index is 13.2. The summed E-state index contributed by atoms with van der Waals surface area (Å²) in [6.45, 7) is 3.87. The van der Waals surface area contributed by atoms with Crippen molar-refractivity contribution >= 4 is 22.5 Å². The van der Waals surface area contributed by atoms with Gasteiger partial charge in [-0.05, 0) is 80.3 Å². The van der Waals surface area contributed by atoms with Crippen LogP contribution in [0.1, 0.15) is 64.3 Å². The Morgan fingerprint density at radius 2 is 1.72 bits per heavy atom. The first kappa shape index (κ1) is 22.1. The van der Waals surface area contributed by atoms with Gasteiger partial charge in [-0.1, -0.05) is 24.3 Å². The molecule has 4 rings (SSSR count). The van der Waals surface area contributed by atoms with Crippen molar-refractivity contribution in [1.82, 2.24) is 10.3 Å². The molecule has 168 valence electrons. The molecule has 2 aromatic carbocycles. The lowest BCUT2D eigenvalue weighted by Gasteiger charge is -2.31. The van der Waals surface area contributed by atoms with E-state index in [9.17, 15) is 18.0 Å². The van der Waals surface area contributed by atoms with Crippen LogP contribution >= 0.6 is 0 Å². The Balaban J connectivity index is 1.54. The topological polar surface area (TPSA) is 68.0 Å². The molecule has 0 radical (unpaired) electrons. The first-order valence-electron chi connectivity index (χ1n) is 10.8. The molecule has 0 saturated heterocycles. The zero-order valence-corrected chi connectivity index (χ0v) is 18.1. The molecule has 0 unspecified atom stereocenters. The van der Waals surface area contributed by atoms with Crippen molar-refractivity contribution in [2.45, 2.75) is 57.7 Å². The number of rotatable bonds is 3. The number of anilines is 1. The number of hydrogen-bond acceptors (Lipinski definition) is 3. The summed E-state index contributed by atoms with van der Waals surface area (Å²) in [6.07, 6.45) is -1.31. The number of nitrogens with one attached hydrogen (secondary N) is 1. The van der Waals surface area contributed by atoms with Crippen molar-refractivity contribution in [3.8, 4) is 0 Å². The van der Waals surface area contributed by atoms with Crippen molar-refractivity contribution in [3.05, 3.63) is 70.4 Å². The highest BCUT2D eigenvalue weighted by Crippen LogP contribution is 2.41. The number of nitrogen functional groups attached to an aromatic ring is 1. The second-order valence-electron chi connectivity index (χ2n) is 8.62. The quantitative estimate of drug-likeness (QED) is 0.531. The maximum atomic E-state index is 13.2. The van der Waals surface area contributed by atoms with E-state index in [1.54, 1.807) is 6.07 Å². The fourth-order valence-corrected chi connectivity index (χ4v) is 4.78. The third-order valence-corrected chi connectivity index (χ3v) is 6.41. The highest BCUT2D eigenvalue weighted by atomic mass is 19.4. The van der Waals surface area contributed by atoms with Crippen LogP contribution in [0.2, 0.25) is 0 Å². The van der Waals surface area contributed by atoms with Crippen LogP contribution in [0.15, 0.2) is 42.5 Å². The van der Waals surface area contributed by atoms with Crippen LogP contribution in [0, 0.1) is 13.8 Å². The minimum Gasteiger partial charge on any atom is -0.398 e. The van der Waals surface area contributed by atoms with Gasteiger partial charge in [-0.2, -0.15) is 13.2 Å². The molecule has 0 spiro atoms. The van der Waals surface area contributed by atoms with E-state index in [0.29, 0.717) is 10.9 Å². The summed E-state index contributed by atoms with van der Waals surface area (Å²) < 4.78 is 39.5. The molecular formula is C25H26F3N3O. The van der Waals surface area contributed by atoms with Gasteiger partial charge >= 0.3 is 6.18 Å². The molecule has 1 aliphatic carbocycles. The molecule has 0 aliphatic heterocycles. The molecule has 1 amide bonds. The normalized spacial score (nSPS) is 19.2. The largest absolute Gasteiger partial charge is 0.433 e. The number of fused-ring (bicyclic) bond motifs is 1. The van der Waals surface area contributed by atoms with Gasteiger partial charge in [-0.25, -0.2) is 4.98 Å². The van der Waals surface area contributed by atoms with E-state index >= 15 is 0 Å². The van der Waals surface area contributed by atoms with E-state index in [2.05, 4.69) is 10.3 Å². The first-order valence-corrected chi connectivity index (χ1v) is 10.8. The summed E-state index contributed by atoms with van der Waals surface area (Å²) in [7, 11) is 0. The van der Waals surface area contributed by atoms with Crippen molar-refractivity contribution in [3.63, 3.8) is 0 Å². The predicted octanol–water partition coefficient (Wildman–Crippen LogP) is 5.91. The number of aryl methyl sites for hydroxylation is 2. The van der Waals surface area contributed by atoms with Gasteiger partial charge in [0.15, 0.2) is 0 Å². The monoisotopic (exact) mass is 441 g/mol. The minimum absolute atomic E-state index is 0.0685. The Labute approximate surface area is 185 Å². The number of nitrogens with two attached hydrogens (primary N) is 1. The van der Waals surface area contributed by atoms with Crippen molar-refractivity contribution in [2.24, 2.45) is 0 Å². The van der Waals surface area contributed by atoms with Gasteiger partial charge in [0.05, 0.1) is 5.52 Å². The van der Waals surface area contributed by atoms with Crippen molar-refractivity contribution in [2.75, 3.05) is 5.73 Å². The summed E-state index contributed by atoms with van der Waals surface area (Å²) in [5.41, 5.74) is 9.10. The van der Waals surface area contributed by atoms with E-state index in [-0.39, 0.29) is 29.1 Å². The summed E-state index contributed by atoms with van der Waals surface area (Å²) >= 11 is 0. The Kier molecular flexibility index (Phi) is 5.84. The lowest BCUT2D eigenvalue weighted by Crippen LogP contribution is -2.37. The highest BCUT2D eigenvalue weighted by molar-refractivity contribution is 5.96. The summed E-state index contributed by atoms with van der Waals surface area (Å²) in [5.74, 6) is 0.0900. The van der Waals surface area contributed by atoms with Gasteiger partial charge in [-0.15, -0.1) is 0 Å². The Hall–Kier alpha value is -3.09. The van der Waals surface area contributed by atoms with Gasteiger partial charge in [0.1, 0.15) is 5.69 Å². The van der Waals surface area contributed by atoms with Crippen LogP contribution in [0.5, 0.6) is 0 Å². The van der Waals surface area contributed by atoms with Gasteiger partial charge < -0.3 is 11.1 Å². The van der Waals surface area contributed by atoms with E-state index in [1.807, 2.05) is 44.2 Å². The third-order valence-electron chi connectivity index (χ3n) is 6.41. The Bertz CT molecular complexity index is 1170. The zero-order valence-electron chi connectivity index (χ0n) is 18.1. The number of aromatic nitrogens is 1. The molecule has 4 nitrogen and oxygen atoms in total. The Morgan fingerprint density at radius 1 is 1.03 bits per heavy atom. The summed E-state index contributed by atoms with van der Waals surface area (Å²) in [6, 6.07) is 11.9. The molecule has 32 heavy (non-hydrogen) atoms. The maximum Gasteiger partial charge on any atom is 0.433 e. The fourth-order valence-electron chi connectivity index (χ4n) is 4.78. The first-order chi connectivity index (χ1) is 15.1. The second-order valence-corrected chi connectivity index (χ2v) is 8.62. The van der Waals surface area contributed by atoms with E-state index in [0.717, 1.165) is 48.4 Å². The number of amides is 1. The molecule has 1 aromatic heterocycles. The van der Waals surface area contributed by atoms with Crippen LogP contribution in [0.3, 0.4) is 0 Å². The smallest absolute Gasteiger partial charge is 0.398 e. The molecule has 7 heteroatoms. The molecular weight excluding hydrogens is 415 g/mol. The molecule has 3 N–H and O–H groups in total. The van der Waals surface area contributed by atoms with Crippen LogP contribution in [0.4, 0.5) is 18.9 Å². The molecule has 0 atom stereocenters. The molecule has 1 saturated carbocycles. The fraction of sp³-hybridized carbons (Fsp3) is 0.360. The number of pyridine rings is 1. The molecule has 1 fully saturated rings. The Morgan fingerprint density at radius 3 is 2.38 bits per heavy atom. The average molecular weight is 441 g/mol. The van der Waals surface area contributed by atoms with E-state index in [4.69, 9.17) is 5.73 Å². The number of carbonyl (C=O) groups excluding carboxylic acids is 1. The van der Waals surface area contributed by atoms with Gasteiger partial charge in [0.2, 0.25) is 0 Å². The SMILES string of the molecule is Cc1ccccc1C(=O)NC1CCC(c2c(C)ccc3nc(C(F)(F)F)cc(N)c23)CC1. The van der Waals surface area contributed by atoms with Gasteiger partial charge in [-0.3, -0.25) is 4.79 Å². The van der Waals surface area contributed by atoms with Crippen LogP contribution < -0.4 is 11.1 Å².